The van der Waals surface area contributed by atoms with E-state index in [-0.39, 0.29) is 0 Å². The second-order valence-electron chi connectivity index (χ2n) is 3.33. The van der Waals surface area contributed by atoms with E-state index < -0.39 is 30.7 Å². The molecule has 0 aromatic heterocycles. The van der Waals surface area contributed by atoms with E-state index in [1.165, 1.54) is 0 Å². The summed E-state index contributed by atoms with van der Waals surface area (Å²) < 4.78 is 4.81. The summed E-state index contributed by atoms with van der Waals surface area (Å²) >= 11 is 0. The van der Waals surface area contributed by atoms with Crippen LogP contribution in [0.4, 0.5) is 0 Å². The van der Waals surface area contributed by atoms with Gasteiger partial charge < -0.3 is 25.2 Å². The molecular weight excluding hydrogens is 176 g/mol. The maximum absolute atomic E-state index is 9.45. The lowest BCUT2D eigenvalue weighted by Crippen LogP contribution is -2.38. The molecule has 0 aromatic rings. The number of rotatable bonds is 3. The van der Waals surface area contributed by atoms with Crippen LogP contribution in [0.3, 0.4) is 0 Å². The predicted molar refractivity (Wildman–Crippen MR) is 43.8 cm³/mol. The highest BCUT2D eigenvalue weighted by molar-refractivity contribution is 4.89. The van der Waals surface area contributed by atoms with E-state index in [4.69, 9.17) is 14.9 Å². The third kappa shape index (κ3) is 2.18. The predicted octanol–water partition coefficient (Wildman–Crippen LogP) is -1.41. The molecule has 0 saturated carbocycles. The van der Waals surface area contributed by atoms with E-state index >= 15 is 0 Å². The van der Waals surface area contributed by atoms with Gasteiger partial charge in [0.15, 0.2) is 6.29 Å². The second kappa shape index (κ2) is 4.34. The molecule has 1 unspecified atom stereocenters. The zero-order valence-electron chi connectivity index (χ0n) is 7.50. The van der Waals surface area contributed by atoms with Crippen LogP contribution in [0.5, 0.6) is 0 Å². The maximum Gasteiger partial charge on any atom is 0.184 e. The molecule has 4 N–H and O–H groups in total. The minimum absolute atomic E-state index is 0.473. The Morgan fingerprint density at radius 3 is 2.23 bits per heavy atom. The van der Waals surface area contributed by atoms with Crippen molar-refractivity contribution < 1.29 is 25.2 Å². The van der Waals surface area contributed by atoms with Gasteiger partial charge in [0, 0.05) is 0 Å². The van der Waals surface area contributed by atoms with Crippen molar-refractivity contribution in [2.24, 2.45) is 0 Å². The molecule has 1 aliphatic heterocycles. The number of aliphatic hydroxyl groups is 4. The molecule has 0 aromatic carbocycles. The van der Waals surface area contributed by atoms with Gasteiger partial charge in [-0.1, -0.05) is 13.3 Å². The Balaban J connectivity index is 2.52. The Morgan fingerprint density at radius 1 is 1.23 bits per heavy atom. The van der Waals surface area contributed by atoms with E-state index in [1.54, 1.807) is 0 Å². The molecule has 5 nitrogen and oxygen atoms in total. The largest absolute Gasteiger partial charge is 0.390 e. The molecule has 13 heavy (non-hydrogen) atoms. The fraction of sp³-hybridized carbons (Fsp3) is 1.00. The number of hydrogen-bond acceptors (Lipinski definition) is 5. The standard InChI is InChI=1S/C8H16O5/c1-2-3-4(9)7-5(10)6(11)8(12)13-7/h4-12H,2-3H2,1H3/t4?,5-,6-,7-,8+/m1/s1. The van der Waals surface area contributed by atoms with Crippen molar-refractivity contribution in [3.8, 4) is 0 Å². The Kier molecular flexibility index (Phi) is 3.63. The molecule has 0 amide bonds. The molecule has 0 radical (unpaired) electrons. The summed E-state index contributed by atoms with van der Waals surface area (Å²) in [5.41, 5.74) is 0. The van der Waals surface area contributed by atoms with Crippen molar-refractivity contribution >= 4 is 0 Å². The average molecular weight is 192 g/mol. The van der Waals surface area contributed by atoms with Crippen molar-refractivity contribution in [2.75, 3.05) is 0 Å². The van der Waals surface area contributed by atoms with E-state index in [0.29, 0.717) is 6.42 Å². The van der Waals surface area contributed by atoms with Crippen LogP contribution in [0.1, 0.15) is 19.8 Å². The summed E-state index contributed by atoms with van der Waals surface area (Å²) in [6, 6.07) is 0. The van der Waals surface area contributed by atoms with Crippen LogP contribution < -0.4 is 0 Å². The first-order valence-electron chi connectivity index (χ1n) is 4.45. The molecular formula is C8H16O5. The van der Waals surface area contributed by atoms with Crippen LogP contribution in [-0.2, 0) is 4.74 Å². The molecule has 1 heterocycles. The van der Waals surface area contributed by atoms with Crippen LogP contribution in [0.15, 0.2) is 0 Å². The summed E-state index contributed by atoms with van der Waals surface area (Å²) in [7, 11) is 0. The summed E-state index contributed by atoms with van der Waals surface area (Å²) in [5.74, 6) is 0. The van der Waals surface area contributed by atoms with E-state index in [1.807, 2.05) is 6.92 Å². The molecule has 5 atom stereocenters. The lowest BCUT2D eigenvalue weighted by atomic mass is 10.0. The number of hydrogen-bond donors (Lipinski definition) is 4. The maximum atomic E-state index is 9.45. The van der Waals surface area contributed by atoms with Crippen molar-refractivity contribution in [3.05, 3.63) is 0 Å². The quantitative estimate of drug-likeness (QED) is 0.441. The monoisotopic (exact) mass is 192 g/mol. The minimum Gasteiger partial charge on any atom is -0.390 e. The first-order valence-corrected chi connectivity index (χ1v) is 4.45. The molecule has 0 aliphatic carbocycles. The van der Waals surface area contributed by atoms with Crippen molar-refractivity contribution in [1.29, 1.82) is 0 Å². The van der Waals surface area contributed by atoms with Crippen molar-refractivity contribution in [2.45, 2.75) is 50.5 Å². The van der Waals surface area contributed by atoms with E-state index in [9.17, 15) is 10.2 Å². The summed E-state index contributed by atoms with van der Waals surface area (Å²) in [6.07, 6.45) is -4.43. The zero-order chi connectivity index (χ0) is 10.0. The Hall–Kier alpha value is -0.200. The fourth-order valence-electron chi connectivity index (χ4n) is 1.46. The topological polar surface area (TPSA) is 90.2 Å². The van der Waals surface area contributed by atoms with Gasteiger partial charge >= 0.3 is 0 Å². The molecule has 0 spiro atoms. The molecule has 1 aliphatic rings. The first-order chi connectivity index (χ1) is 6.07. The Bertz CT molecular complexity index is 163. The lowest BCUT2D eigenvalue weighted by molar-refractivity contribution is -0.146. The van der Waals surface area contributed by atoms with Crippen molar-refractivity contribution in [1.82, 2.24) is 0 Å². The van der Waals surface area contributed by atoms with Crippen LogP contribution in [0.2, 0.25) is 0 Å². The van der Waals surface area contributed by atoms with Gasteiger partial charge in [-0.2, -0.15) is 0 Å². The SMILES string of the molecule is CCCC(O)[C@H]1O[C@H](O)[C@H](O)[C@H]1O. The van der Waals surface area contributed by atoms with E-state index in [0.717, 1.165) is 6.42 Å². The second-order valence-corrected chi connectivity index (χ2v) is 3.33. The molecule has 1 fully saturated rings. The third-order valence-electron chi connectivity index (χ3n) is 2.24. The summed E-state index contributed by atoms with van der Waals surface area (Å²) in [5, 5.41) is 36.9. The third-order valence-corrected chi connectivity index (χ3v) is 2.24. The molecule has 5 heteroatoms. The van der Waals surface area contributed by atoms with Crippen LogP contribution in [0.25, 0.3) is 0 Å². The van der Waals surface area contributed by atoms with Gasteiger partial charge in [-0.25, -0.2) is 0 Å². The normalized spacial score (nSPS) is 42.2. The molecule has 1 saturated heterocycles. The zero-order valence-corrected chi connectivity index (χ0v) is 7.50. The fourth-order valence-corrected chi connectivity index (χ4v) is 1.46. The van der Waals surface area contributed by atoms with Gasteiger partial charge in [0.1, 0.15) is 18.3 Å². The van der Waals surface area contributed by atoms with Gasteiger partial charge in [-0.05, 0) is 6.42 Å². The highest BCUT2D eigenvalue weighted by Gasteiger charge is 2.44. The summed E-state index contributed by atoms with van der Waals surface area (Å²) in [6.45, 7) is 1.89. The van der Waals surface area contributed by atoms with Crippen LogP contribution in [-0.4, -0.2) is 51.1 Å². The molecule has 78 valence electrons. The average Bonchev–Trinajstić information content (AvgIpc) is 2.33. The van der Waals surface area contributed by atoms with Crippen molar-refractivity contribution in [3.63, 3.8) is 0 Å². The van der Waals surface area contributed by atoms with Gasteiger partial charge in [0.2, 0.25) is 0 Å². The number of ether oxygens (including phenoxy) is 1. The number of aliphatic hydroxyl groups excluding tert-OH is 4. The Morgan fingerprint density at radius 2 is 1.85 bits per heavy atom. The minimum atomic E-state index is -1.40. The van der Waals surface area contributed by atoms with E-state index in [2.05, 4.69) is 0 Å². The van der Waals surface area contributed by atoms with Gasteiger partial charge in [-0.3, -0.25) is 0 Å². The summed E-state index contributed by atoms with van der Waals surface area (Å²) in [4.78, 5) is 0. The first kappa shape index (κ1) is 10.9. The Labute approximate surface area is 76.6 Å². The smallest absolute Gasteiger partial charge is 0.184 e. The highest BCUT2D eigenvalue weighted by atomic mass is 16.6. The van der Waals surface area contributed by atoms with Gasteiger partial charge in [0.05, 0.1) is 6.10 Å². The van der Waals surface area contributed by atoms with Gasteiger partial charge in [0.25, 0.3) is 0 Å². The lowest BCUT2D eigenvalue weighted by Gasteiger charge is -2.19. The van der Waals surface area contributed by atoms with Gasteiger partial charge in [-0.15, -0.1) is 0 Å². The molecule has 0 bridgehead atoms. The molecule has 1 rings (SSSR count). The van der Waals surface area contributed by atoms with Crippen LogP contribution >= 0.6 is 0 Å². The van der Waals surface area contributed by atoms with Crippen LogP contribution in [0, 0.1) is 0 Å². The highest BCUT2D eigenvalue weighted by Crippen LogP contribution is 2.23.